The Bertz CT molecular complexity index is 1300. The predicted molar refractivity (Wildman–Crippen MR) is 127 cm³/mol. The third-order valence-corrected chi connectivity index (χ3v) is 5.85. The standard InChI is InChI=1S/C24H18BrClN4O/c1-14(2)20-22(26)29-24(28-17-10-7-15(13-27)8-11-17)30-23(20)31-19-12-9-16-5-3-4-6-18(16)21(19)25/h3-12,14H,1-2H3,(H,28,29,30). The van der Waals surface area contributed by atoms with Gasteiger partial charge in [-0.05, 0) is 63.0 Å². The summed E-state index contributed by atoms with van der Waals surface area (Å²) in [6.45, 7) is 4.03. The van der Waals surface area contributed by atoms with E-state index < -0.39 is 0 Å². The lowest BCUT2D eigenvalue weighted by Gasteiger charge is -2.17. The lowest BCUT2D eigenvalue weighted by molar-refractivity contribution is 0.450. The number of anilines is 2. The normalized spacial score (nSPS) is 10.8. The molecule has 0 aliphatic carbocycles. The Morgan fingerprint density at radius 1 is 1.03 bits per heavy atom. The summed E-state index contributed by atoms with van der Waals surface area (Å²) in [5, 5.41) is 14.6. The Hall–Kier alpha value is -3.14. The third-order valence-electron chi connectivity index (χ3n) is 4.75. The van der Waals surface area contributed by atoms with E-state index in [2.05, 4.69) is 37.3 Å². The van der Waals surface area contributed by atoms with Gasteiger partial charge in [-0.3, -0.25) is 0 Å². The largest absolute Gasteiger partial charge is 0.437 e. The van der Waals surface area contributed by atoms with Gasteiger partial charge in [0, 0.05) is 5.69 Å². The van der Waals surface area contributed by atoms with E-state index in [1.54, 1.807) is 24.3 Å². The van der Waals surface area contributed by atoms with E-state index in [1.165, 1.54) is 0 Å². The fourth-order valence-corrected chi connectivity index (χ4v) is 4.15. The van der Waals surface area contributed by atoms with Crippen molar-refractivity contribution in [3.63, 3.8) is 0 Å². The first-order valence-corrected chi connectivity index (χ1v) is 10.8. The van der Waals surface area contributed by atoms with Crippen LogP contribution < -0.4 is 10.1 Å². The van der Waals surface area contributed by atoms with Crippen LogP contribution in [-0.4, -0.2) is 9.97 Å². The van der Waals surface area contributed by atoms with Crippen LogP contribution in [-0.2, 0) is 0 Å². The van der Waals surface area contributed by atoms with E-state index in [4.69, 9.17) is 21.6 Å². The van der Waals surface area contributed by atoms with Gasteiger partial charge in [-0.2, -0.15) is 10.2 Å². The van der Waals surface area contributed by atoms with Crippen LogP contribution in [0.15, 0.2) is 65.1 Å². The molecule has 0 saturated carbocycles. The highest BCUT2D eigenvalue weighted by Crippen LogP contribution is 2.39. The molecule has 0 saturated heterocycles. The van der Waals surface area contributed by atoms with Crippen molar-refractivity contribution in [3.05, 3.63) is 81.4 Å². The number of rotatable bonds is 5. The van der Waals surface area contributed by atoms with Crippen molar-refractivity contribution in [2.24, 2.45) is 0 Å². The molecule has 1 aromatic heterocycles. The fourth-order valence-electron chi connectivity index (χ4n) is 3.20. The van der Waals surface area contributed by atoms with E-state index in [0.29, 0.717) is 28.3 Å². The SMILES string of the molecule is CC(C)c1c(Cl)nc(Nc2ccc(C#N)cc2)nc1Oc1ccc2ccccc2c1Br. The number of fused-ring (bicyclic) bond motifs is 1. The van der Waals surface area contributed by atoms with Crippen molar-refractivity contribution in [2.45, 2.75) is 19.8 Å². The van der Waals surface area contributed by atoms with E-state index >= 15 is 0 Å². The number of halogens is 2. The molecular weight excluding hydrogens is 476 g/mol. The molecule has 0 unspecified atom stereocenters. The molecule has 0 aliphatic heterocycles. The Morgan fingerprint density at radius 2 is 1.77 bits per heavy atom. The predicted octanol–water partition coefficient (Wildman–Crippen LogP) is 7.58. The van der Waals surface area contributed by atoms with Crippen molar-refractivity contribution in [1.29, 1.82) is 5.26 Å². The molecule has 4 aromatic rings. The van der Waals surface area contributed by atoms with Crippen LogP contribution in [0.3, 0.4) is 0 Å². The number of nitrogens with zero attached hydrogens (tertiary/aromatic N) is 3. The first-order valence-electron chi connectivity index (χ1n) is 9.66. The molecule has 0 fully saturated rings. The van der Waals surface area contributed by atoms with E-state index in [1.807, 2.05) is 50.2 Å². The monoisotopic (exact) mass is 492 g/mol. The summed E-state index contributed by atoms with van der Waals surface area (Å²) in [6, 6.07) is 21.1. The van der Waals surface area contributed by atoms with Crippen LogP contribution in [0.1, 0.15) is 30.9 Å². The number of aromatic nitrogens is 2. The molecule has 1 N–H and O–H groups in total. The summed E-state index contributed by atoms with van der Waals surface area (Å²) in [6.07, 6.45) is 0. The van der Waals surface area contributed by atoms with Gasteiger partial charge in [0.05, 0.1) is 21.7 Å². The molecule has 5 nitrogen and oxygen atoms in total. The summed E-state index contributed by atoms with van der Waals surface area (Å²) < 4.78 is 7.08. The van der Waals surface area contributed by atoms with E-state index in [-0.39, 0.29) is 5.92 Å². The van der Waals surface area contributed by atoms with E-state index in [9.17, 15) is 0 Å². The second-order valence-electron chi connectivity index (χ2n) is 7.23. The van der Waals surface area contributed by atoms with Crippen molar-refractivity contribution in [2.75, 3.05) is 5.32 Å². The molecule has 0 spiro atoms. The number of hydrogen-bond acceptors (Lipinski definition) is 5. The first-order chi connectivity index (χ1) is 15.0. The maximum atomic E-state index is 8.97. The van der Waals surface area contributed by atoms with Gasteiger partial charge in [-0.1, -0.05) is 55.8 Å². The molecule has 0 amide bonds. The van der Waals surface area contributed by atoms with Crippen molar-refractivity contribution < 1.29 is 4.74 Å². The van der Waals surface area contributed by atoms with Crippen molar-refractivity contribution in [1.82, 2.24) is 9.97 Å². The van der Waals surface area contributed by atoms with Gasteiger partial charge in [0.1, 0.15) is 10.9 Å². The maximum Gasteiger partial charge on any atom is 0.231 e. The molecule has 0 bridgehead atoms. The molecule has 0 atom stereocenters. The van der Waals surface area contributed by atoms with Crippen LogP contribution in [0.5, 0.6) is 11.6 Å². The molecule has 4 rings (SSSR count). The third kappa shape index (κ3) is 4.48. The molecule has 0 radical (unpaired) electrons. The Morgan fingerprint density at radius 3 is 2.48 bits per heavy atom. The maximum absolute atomic E-state index is 8.97. The molecule has 1 heterocycles. The number of nitrogens with one attached hydrogen (secondary N) is 1. The number of benzene rings is 3. The van der Waals surface area contributed by atoms with Gasteiger partial charge in [-0.25, -0.2) is 4.98 Å². The molecule has 3 aromatic carbocycles. The topological polar surface area (TPSA) is 70.8 Å². The smallest absolute Gasteiger partial charge is 0.231 e. The number of ether oxygens (including phenoxy) is 1. The first kappa shape index (κ1) is 21.1. The summed E-state index contributed by atoms with van der Waals surface area (Å²) in [5.74, 6) is 1.40. The molecular formula is C24H18BrClN4O. The highest BCUT2D eigenvalue weighted by atomic mass is 79.9. The summed E-state index contributed by atoms with van der Waals surface area (Å²) in [7, 11) is 0. The van der Waals surface area contributed by atoms with Gasteiger partial charge >= 0.3 is 0 Å². The average molecular weight is 494 g/mol. The zero-order valence-electron chi connectivity index (χ0n) is 16.9. The second kappa shape index (κ2) is 8.93. The molecule has 7 heteroatoms. The van der Waals surface area contributed by atoms with Gasteiger partial charge in [-0.15, -0.1) is 0 Å². The fraction of sp³-hybridized carbons (Fsp3) is 0.125. The highest BCUT2D eigenvalue weighted by molar-refractivity contribution is 9.10. The molecule has 154 valence electrons. The number of nitriles is 1. The van der Waals surface area contributed by atoms with Crippen molar-refractivity contribution in [3.8, 4) is 17.7 Å². The average Bonchev–Trinajstić information content (AvgIpc) is 2.76. The minimum Gasteiger partial charge on any atom is -0.437 e. The Labute approximate surface area is 193 Å². The van der Waals surface area contributed by atoms with Crippen LogP contribution >= 0.6 is 27.5 Å². The molecule has 0 aliphatic rings. The van der Waals surface area contributed by atoms with Gasteiger partial charge < -0.3 is 10.1 Å². The molecule has 31 heavy (non-hydrogen) atoms. The summed E-state index contributed by atoms with van der Waals surface area (Å²) >= 11 is 10.2. The van der Waals surface area contributed by atoms with Gasteiger partial charge in [0.25, 0.3) is 0 Å². The van der Waals surface area contributed by atoms with Crippen LogP contribution in [0.25, 0.3) is 10.8 Å². The van der Waals surface area contributed by atoms with Gasteiger partial charge in [0.15, 0.2) is 0 Å². The number of hydrogen-bond donors (Lipinski definition) is 1. The van der Waals surface area contributed by atoms with Crippen LogP contribution in [0, 0.1) is 11.3 Å². The van der Waals surface area contributed by atoms with Crippen molar-refractivity contribution >= 4 is 49.9 Å². The minimum absolute atomic E-state index is 0.0608. The van der Waals surface area contributed by atoms with E-state index in [0.717, 1.165) is 26.5 Å². The Kier molecular flexibility index (Phi) is 6.08. The van der Waals surface area contributed by atoms with Crippen LogP contribution in [0.2, 0.25) is 5.15 Å². The lowest BCUT2D eigenvalue weighted by Crippen LogP contribution is -2.05. The highest BCUT2D eigenvalue weighted by Gasteiger charge is 2.20. The minimum atomic E-state index is 0.0608. The summed E-state index contributed by atoms with van der Waals surface area (Å²) in [5.41, 5.74) is 2.04. The summed E-state index contributed by atoms with van der Waals surface area (Å²) in [4.78, 5) is 8.99. The van der Waals surface area contributed by atoms with Crippen LogP contribution in [0.4, 0.5) is 11.6 Å². The lowest BCUT2D eigenvalue weighted by atomic mass is 10.1. The zero-order chi connectivity index (χ0) is 22.0. The quantitative estimate of drug-likeness (QED) is 0.290. The Balaban J connectivity index is 1.73. The zero-order valence-corrected chi connectivity index (χ0v) is 19.2. The van der Waals surface area contributed by atoms with Gasteiger partial charge in [0.2, 0.25) is 11.8 Å². The second-order valence-corrected chi connectivity index (χ2v) is 8.38.